The number of rotatable bonds is 5. The van der Waals surface area contributed by atoms with Gasteiger partial charge in [-0.3, -0.25) is 4.90 Å². The first kappa shape index (κ1) is 13.4. The third kappa shape index (κ3) is 3.05. The number of nitrogen functional groups attached to an aromatic ring is 1. The lowest BCUT2D eigenvalue weighted by atomic mass is 10.0. The highest BCUT2D eigenvalue weighted by Gasteiger charge is 2.24. The summed E-state index contributed by atoms with van der Waals surface area (Å²) in [5, 5.41) is 0. The fourth-order valence-corrected chi connectivity index (χ4v) is 2.79. The average Bonchev–Trinajstić information content (AvgIpc) is 2.74. The zero-order chi connectivity index (χ0) is 13.1. The van der Waals surface area contributed by atoms with Gasteiger partial charge in [0.15, 0.2) is 0 Å². The molecular formula is C16H26N2. The minimum Gasteiger partial charge on any atom is -0.398 e. The van der Waals surface area contributed by atoms with Crippen LogP contribution in [0.3, 0.4) is 0 Å². The molecule has 2 N–H and O–H groups in total. The molecule has 1 aromatic rings. The van der Waals surface area contributed by atoms with E-state index in [0.717, 1.165) is 24.7 Å². The van der Waals surface area contributed by atoms with Crippen LogP contribution in [0, 0.1) is 5.92 Å². The smallest absolute Gasteiger partial charge is 0.0363 e. The zero-order valence-corrected chi connectivity index (χ0v) is 11.9. The summed E-state index contributed by atoms with van der Waals surface area (Å²) in [4.78, 5) is 2.56. The molecule has 1 aliphatic rings. The van der Waals surface area contributed by atoms with Crippen LogP contribution in [0.4, 0.5) is 5.69 Å². The fourth-order valence-electron chi connectivity index (χ4n) is 2.79. The van der Waals surface area contributed by atoms with Crippen LogP contribution in [0.5, 0.6) is 0 Å². The molecule has 0 fully saturated rings. The standard InChI is InChI=1S/C16H26N2/c1-12(2)6-4-7-13(3)18-10-14-8-5-9-16(17)15(14)11-18/h5,8-9,12-13H,4,6-7,10-11,17H2,1-3H3. The van der Waals surface area contributed by atoms with Gasteiger partial charge in [-0.05, 0) is 36.5 Å². The first-order chi connectivity index (χ1) is 8.58. The van der Waals surface area contributed by atoms with Gasteiger partial charge in [-0.15, -0.1) is 0 Å². The molecule has 0 saturated heterocycles. The number of nitrogens with two attached hydrogens (primary N) is 1. The fraction of sp³-hybridized carbons (Fsp3) is 0.625. The molecule has 0 bridgehead atoms. The normalized spacial score (nSPS) is 17.1. The van der Waals surface area contributed by atoms with Crippen molar-refractivity contribution in [1.29, 1.82) is 0 Å². The van der Waals surface area contributed by atoms with Crippen LogP contribution in [0.25, 0.3) is 0 Å². The van der Waals surface area contributed by atoms with E-state index < -0.39 is 0 Å². The van der Waals surface area contributed by atoms with Gasteiger partial charge in [0.2, 0.25) is 0 Å². The molecule has 0 spiro atoms. The van der Waals surface area contributed by atoms with Gasteiger partial charge in [-0.2, -0.15) is 0 Å². The molecule has 1 heterocycles. The van der Waals surface area contributed by atoms with Gasteiger partial charge in [-0.25, -0.2) is 0 Å². The van der Waals surface area contributed by atoms with Gasteiger partial charge >= 0.3 is 0 Å². The Kier molecular flexibility index (Phi) is 4.28. The van der Waals surface area contributed by atoms with Gasteiger partial charge in [0.25, 0.3) is 0 Å². The van der Waals surface area contributed by atoms with Crippen LogP contribution >= 0.6 is 0 Å². The maximum atomic E-state index is 6.05. The van der Waals surface area contributed by atoms with E-state index >= 15 is 0 Å². The average molecular weight is 246 g/mol. The first-order valence-electron chi connectivity index (χ1n) is 7.18. The molecule has 18 heavy (non-hydrogen) atoms. The lowest BCUT2D eigenvalue weighted by Gasteiger charge is -2.24. The summed E-state index contributed by atoms with van der Waals surface area (Å²) < 4.78 is 0. The van der Waals surface area contributed by atoms with Crippen LogP contribution in [-0.4, -0.2) is 10.9 Å². The van der Waals surface area contributed by atoms with Gasteiger partial charge in [0.1, 0.15) is 0 Å². The molecule has 2 nitrogen and oxygen atoms in total. The van der Waals surface area contributed by atoms with Crippen molar-refractivity contribution in [3.63, 3.8) is 0 Å². The zero-order valence-electron chi connectivity index (χ0n) is 11.9. The molecule has 0 aromatic heterocycles. The summed E-state index contributed by atoms with van der Waals surface area (Å²) in [6, 6.07) is 6.97. The highest BCUT2D eigenvalue weighted by Crippen LogP contribution is 2.29. The summed E-state index contributed by atoms with van der Waals surface area (Å²) in [5.41, 5.74) is 9.79. The van der Waals surface area contributed by atoms with E-state index in [1.54, 1.807) is 0 Å². The summed E-state index contributed by atoms with van der Waals surface area (Å²) in [7, 11) is 0. The number of fused-ring (bicyclic) bond motifs is 1. The highest BCUT2D eigenvalue weighted by molar-refractivity contribution is 5.52. The van der Waals surface area contributed by atoms with Crippen LogP contribution in [0.1, 0.15) is 51.2 Å². The molecule has 0 amide bonds. The second-order valence-electron chi connectivity index (χ2n) is 6.06. The van der Waals surface area contributed by atoms with Crippen molar-refractivity contribution >= 4 is 5.69 Å². The Balaban J connectivity index is 1.88. The van der Waals surface area contributed by atoms with Crippen LogP contribution in [-0.2, 0) is 13.1 Å². The van der Waals surface area contributed by atoms with Crippen molar-refractivity contribution in [2.45, 2.75) is 59.2 Å². The van der Waals surface area contributed by atoms with Gasteiger partial charge < -0.3 is 5.73 Å². The Hall–Kier alpha value is -1.02. The summed E-state index contributed by atoms with van der Waals surface area (Å²) in [5.74, 6) is 0.823. The Labute approximate surface area is 111 Å². The minimum absolute atomic E-state index is 0.663. The summed E-state index contributed by atoms with van der Waals surface area (Å²) >= 11 is 0. The quantitative estimate of drug-likeness (QED) is 0.801. The van der Waals surface area contributed by atoms with E-state index in [1.807, 2.05) is 6.07 Å². The lowest BCUT2D eigenvalue weighted by molar-refractivity contribution is 0.198. The molecule has 1 atom stereocenters. The Bertz CT molecular complexity index is 398. The number of anilines is 1. The largest absolute Gasteiger partial charge is 0.398 e. The van der Waals surface area contributed by atoms with Crippen molar-refractivity contribution in [2.75, 3.05) is 5.73 Å². The van der Waals surface area contributed by atoms with Crippen molar-refractivity contribution in [3.05, 3.63) is 29.3 Å². The maximum absolute atomic E-state index is 6.05. The number of benzene rings is 1. The van der Waals surface area contributed by atoms with Crippen LogP contribution < -0.4 is 5.73 Å². The third-order valence-electron chi connectivity index (χ3n) is 4.07. The monoisotopic (exact) mass is 246 g/mol. The number of hydrogen-bond donors (Lipinski definition) is 1. The van der Waals surface area contributed by atoms with Gasteiger partial charge in [0, 0.05) is 24.8 Å². The molecule has 1 unspecified atom stereocenters. The van der Waals surface area contributed by atoms with E-state index in [2.05, 4.69) is 37.8 Å². The molecule has 2 heteroatoms. The Morgan fingerprint density at radius 3 is 2.61 bits per heavy atom. The molecular weight excluding hydrogens is 220 g/mol. The summed E-state index contributed by atoms with van der Waals surface area (Å²) in [6.45, 7) is 9.06. The lowest BCUT2D eigenvalue weighted by Crippen LogP contribution is -2.27. The number of nitrogens with zero attached hydrogens (tertiary/aromatic N) is 1. The molecule has 1 aliphatic heterocycles. The van der Waals surface area contributed by atoms with Crippen molar-refractivity contribution in [1.82, 2.24) is 4.90 Å². The molecule has 0 saturated carbocycles. The van der Waals surface area contributed by atoms with E-state index in [-0.39, 0.29) is 0 Å². The second-order valence-corrected chi connectivity index (χ2v) is 6.06. The van der Waals surface area contributed by atoms with Crippen molar-refractivity contribution < 1.29 is 0 Å². The predicted octanol–water partition coefficient (Wildman–Crippen LogP) is 3.80. The Morgan fingerprint density at radius 1 is 1.17 bits per heavy atom. The minimum atomic E-state index is 0.663. The van der Waals surface area contributed by atoms with E-state index in [1.165, 1.54) is 30.4 Å². The Morgan fingerprint density at radius 2 is 1.94 bits per heavy atom. The maximum Gasteiger partial charge on any atom is 0.0363 e. The summed E-state index contributed by atoms with van der Waals surface area (Å²) in [6.07, 6.45) is 3.97. The van der Waals surface area contributed by atoms with Crippen LogP contribution in [0.15, 0.2) is 18.2 Å². The molecule has 0 aliphatic carbocycles. The molecule has 100 valence electrons. The highest BCUT2D eigenvalue weighted by atomic mass is 15.2. The van der Waals surface area contributed by atoms with Gasteiger partial charge in [0.05, 0.1) is 0 Å². The molecule has 1 aromatic carbocycles. The molecule has 0 radical (unpaired) electrons. The third-order valence-corrected chi connectivity index (χ3v) is 4.07. The van der Waals surface area contributed by atoms with Crippen molar-refractivity contribution in [2.24, 2.45) is 5.92 Å². The van der Waals surface area contributed by atoms with Crippen LogP contribution in [0.2, 0.25) is 0 Å². The van der Waals surface area contributed by atoms with Crippen molar-refractivity contribution in [3.8, 4) is 0 Å². The molecule has 2 rings (SSSR count). The SMILES string of the molecule is CC(C)CCCC(C)N1Cc2cccc(N)c2C1. The predicted molar refractivity (Wildman–Crippen MR) is 78.3 cm³/mol. The van der Waals surface area contributed by atoms with Gasteiger partial charge in [-0.1, -0.05) is 38.8 Å². The topological polar surface area (TPSA) is 29.3 Å². The number of hydrogen-bond acceptors (Lipinski definition) is 2. The van der Waals surface area contributed by atoms with E-state index in [9.17, 15) is 0 Å². The first-order valence-corrected chi connectivity index (χ1v) is 7.18. The van der Waals surface area contributed by atoms with E-state index in [4.69, 9.17) is 5.73 Å². The second kappa shape index (κ2) is 5.75. The van der Waals surface area contributed by atoms with E-state index in [0.29, 0.717) is 6.04 Å².